The third-order valence-corrected chi connectivity index (χ3v) is 12.2. The normalized spacial score (nSPS) is 14.0. The van der Waals surface area contributed by atoms with E-state index in [9.17, 15) is 0 Å². The molecule has 36 heavy (non-hydrogen) atoms. The molecule has 6 nitrogen and oxygen atoms in total. The summed E-state index contributed by atoms with van der Waals surface area (Å²) < 4.78 is 23.5. The van der Waals surface area contributed by atoms with Gasteiger partial charge in [0.2, 0.25) is 0 Å². The predicted octanol–water partition coefficient (Wildman–Crippen LogP) is 6.12. The number of nitrogens with zero attached hydrogens (tertiary/aromatic N) is 2. The lowest BCUT2D eigenvalue weighted by atomic mass is 10.1. The van der Waals surface area contributed by atoms with Crippen molar-refractivity contribution < 1.29 is 17.7 Å². The van der Waals surface area contributed by atoms with Gasteiger partial charge in [0.05, 0.1) is 0 Å². The molecular formula is C28H64N2O4Si2. The standard InChI is InChI=1S/C28H64N2O4Si2/c1-9-31-35(32-10-2)27(5)21-25-29(7)23-19-17-15-13-14-16-18-20-24-30(8)26-22-28(6)36(33-11-3)34-12-4/h27-28,35-36H,9-26H2,1-8H3. The molecule has 218 valence electrons. The molecule has 0 amide bonds. The van der Waals surface area contributed by atoms with E-state index in [-0.39, 0.29) is 0 Å². The Bertz CT molecular complexity index is 413. The Morgan fingerprint density at radius 3 is 1.03 bits per heavy atom. The number of hydrogen-bond acceptors (Lipinski definition) is 6. The minimum Gasteiger partial charge on any atom is -0.397 e. The highest BCUT2D eigenvalue weighted by Gasteiger charge is 2.22. The van der Waals surface area contributed by atoms with Crippen molar-refractivity contribution in [3.8, 4) is 0 Å². The maximum absolute atomic E-state index is 5.88. The van der Waals surface area contributed by atoms with Gasteiger partial charge in [-0.3, -0.25) is 0 Å². The third kappa shape index (κ3) is 20.2. The number of hydrogen-bond donors (Lipinski definition) is 0. The predicted molar refractivity (Wildman–Crippen MR) is 161 cm³/mol. The molecule has 0 N–H and O–H groups in total. The van der Waals surface area contributed by atoms with E-state index in [1.54, 1.807) is 0 Å². The van der Waals surface area contributed by atoms with Gasteiger partial charge in [0.15, 0.2) is 0 Å². The average molecular weight is 549 g/mol. The van der Waals surface area contributed by atoms with Crippen LogP contribution in [0.5, 0.6) is 0 Å². The van der Waals surface area contributed by atoms with Gasteiger partial charge < -0.3 is 27.5 Å². The first kappa shape index (κ1) is 36.2. The molecule has 0 aliphatic carbocycles. The molecule has 0 rings (SSSR count). The molecule has 8 heteroatoms. The fourth-order valence-electron chi connectivity index (χ4n) is 4.58. The average Bonchev–Trinajstić information content (AvgIpc) is 2.86. The minimum absolute atomic E-state index is 0.575. The summed E-state index contributed by atoms with van der Waals surface area (Å²) in [6.07, 6.45) is 13.3. The van der Waals surface area contributed by atoms with Crippen molar-refractivity contribution in [1.82, 2.24) is 9.80 Å². The van der Waals surface area contributed by atoms with Crippen molar-refractivity contribution in [2.75, 3.05) is 66.7 Å². The van der Waals surface area contributed by atoms with Gasteiger partial charge in [0.1, 0.15) is 0 Å². The molecule has 0 aromatic carbocycles. The van der Waals surface area contributed by atoms with Crippen LogP contribution in [-0.2, 0) is 17.7 Å². The molecule has 0 aliphatic heterocycles. The van der Waals surface area contributed by atoms with Crippen molar-refractivity contribution in [3.05, 3.63) is 0 Å². The van der Waals surface area contributed by atoms with Crippen LogP contribution in [-0.4, -0.2) is 95.1 Å². The molecule has 0 aromatic heterocycles. The summed E-state index contributed by atoms with van der Waals surface area (Å²) in [6.45, 7) is 20.7. The van der Waals surface area contributed by atoms with Crippen LogP contribution in [0.15, 0.2) is 0 Å². The maximum atomic E-state index is 5.88. The fraction of sp³-hybridized carbons (Fsp3) is 1.00. The monoisotopic (exact) mass is 548 g/mol. The number of rotatable bonds is 27. The summed E-state index contributed by atoms with van der Waals surface area (Å²) in [4.78, 5) is 4.99. The van der Waals surface area contributed by atoms with Crippen LogP contribution in [0.3, 0.4) is 0 Å². The molecule has 0 radical (unpaired) electrons. The molecule has 0 fully saturated rings. The van der Waals surface area contributed by atoms with E-state index in [2.05, 4.69) is 65.4 Å². The summed E-state index contributed by atoms with van der Waals surface area (Å²) in [5.41, 5.74) is 1.15. The van der Waals surface area contributed by atoms with Crippen LogP contribution in [0, 0.1) is 0 Å². The molecule has 0 spiro atoms. The smallest absolute Gasteiger partial charge is 0.324 e. The van der Waals surface area contributed by atoms with E-state index < -0.39 is 18.6 Å². The van der Waals surface area contributed by atoms with Gasteiger partial charge in [-0.05, 0) is 105 Å². The van der Waals surface area contributed by atoms with E-state index in [1.807, 2.05) is 0 Å². The molecule has 0 heterocycles. The van der Waals surface area contributed by atoms with Crippen molar-refractivity contribution >= 4 is 18.6 Å². The molecule has 0 saturated heterocycles. The first-order valence-electron chi connectivity index (χ1n) is 15.2. The summed E-state index contributed by atoms with van der Waals surface area (Å²) >= 11 is 0. The van der Waals surface area contributed by atoms with E-state index in [0.717, 1.165) is 39.5 Å². The van der Waals surface area contributed by atoms with Gasteiger partial charge in [-0.15, -0.1) is 0 Å². The lowest BCUT2D eigenvalue weighted by Crippen LogP contribution is -2.30. The van der Waals surface area contributed by atoms with Crippen molar-refractivity contribution in [1.29, 1.82) is 0 Å². The number of unbranched alkanes of at least 4 members (excludes halogenated alkanes) is 7. The van der Waals surface area contributed by atoms with Crippen LogP contribution in [0.25, 0.3) is 0 Å². The van der Waals surface area contributed by atoms with Gasteiger partial charge in [0.25, 0.3) is 0 Å². The Labute approximate surface area is 229 Å². The third-order valence-electron chi connectivity index (χ3n) is 7.01. The molecular weight excluding hydrogens is 484 g/mol. The van der Waals surface area contributed by atoms with Gasteiger partial charge in [-0.1, -0.05) is 52.4 Å². The van der Waals surface area contributed by atoms with Gasteiger partial charge in [-0.2, -0.15) is 0 Å². The quantitative estimate of drug-likeness (QED) is 0.0910. The first-order chi connectivity index (χ1) is 17.4. The van der Waals surface area contributed by atoms with Gasteiger partial charge in [0, 0.05) is 26.4 Å². The Balaban J connectivity index is 3.65. The Hall–Kier alpha value is 0.194. The first-order valence-corrected chi connectivity index (χ1v) is 18.4. The molecule has 2 atom stereocenters. The molecule has 0 bridgehead atoms. The molecule has 0 aliphatic rings. The molecule has 2 unspecified atom stereocenters. The summed E-state index contributed by atoms with van der Waals surface area (Å²) in [7, 11) is 1.52. The van der Waals surface area contributed by atoms with Crippen LogP contribution in [0.4, 0.5) is 0 Å². The van der Waals surface area contributed by atoms with Crippen molar-refractivity contribution in [2.24, 2.45) is 0 Å². The Morgan fingerprint density at radius 1 is 0.472 bits per heavy atom. The zero-order valence-corrected chi connectivity index (χ0v) is 27.9. The second-order valence-electron chi connectivity index (χ2n) is 10.5. The minimum atomic E-state index is -1.50. The van der Waals surface area contributed by atoms with Crippen LogP contribution >= 0.6 is 0 Å². The Morgan fingerprint density at radius 2 is 0.750 bits per heavy atom. The Kier molecular flexibility index (Phi) is 25.6. The fourth-order valence-corrected chi connectivity index (χ4v) is 8.24. The van der Waals surface area contributed by atoms with E-state index in [0.29, 0.717) is 11.1 Å². The zero-order valence-electron chi connectivity index (χ0n) is 25.6. The second kappa shape index (κ2) is 25.5. The van der Waals surface area contributed by atoms with E-state index in [1.165, 1.54) is 77.3 Å². The van der Waals surface area contributed by atoms with Crippen molar-refractivity contribution in [3.63, 3.8) is 0 Å². The summed E-state index contributed by atoms with van der Waals surface area (Å²) in [6, 6.07) is 0. The van der Waals surface area contributed by atoms with Crippen LogP contribution in [0.2, 0.25) is 11.1 Å². The lowest BCUT2D eigenvalue weighted by molar-refractivity contribution is 0.200. The zero-order chi connectivity index (χ0) is 27.0. The van der Waals surface area contributed by atoms with E-state index >= 15 is 0 Å². The largest absolute Gasteiger partial charge is 0.397 e. The van der Waals surface area contributed by atoms with Crippen molar-refractivity contribution in [2.45, 2.75) is 117 Å². The maximum Gasteiger partial charge on any atom is 0.324 e. The van der Waals surface area contributed by atoms with E-state index in [4.69, 9.17) is 17.7 Å². The lowest BCUT2D eigenvalue weighted by Gasteiger charge is -2.24. The summed E-state index contributed by atoms with van der Waals surface area (Å²) in [5.74, 6) is 0. The van der Waals surface area contributed by atoms with Crippen LogP contribution in [0.1, 0.15) is 106 Å². The van der Waals surface area contributed by atoms with Gasteiger partial charge >= 0.3 is 18.6 Å². The molecule has 0 aromatic rings. The summed E-state index contributed by atoms with van der Waals surface area (Å²) in [5, 5.41) is 0. The van der Waals surface area contributed by atoms with Gasteiger partial charge in [-0.25, -0.2) is 0 Å². The highest BCUT2D eigenvalue weighted by Crippen LogP contribution is 2.18. The molecule has 0 saturated carbocycles. The SMILES string of the molecule is CCO[SiH](OCC)C(C)CCN(C)CCCCCCCCCCN(C)CCC(C)[SiH](OCC)OCC. The topological polar surface area (TPSA) is 43.4 Å². The highest BCUT2D eigenvalue weighted by molar-refractivity contribution is 6.46. The highest BCUT2D eigenvalue weighted by atomic mass is 28.3. The van der Waals surface area contributed by atoms with Crippen LogP contribution < -0.4 is 0 Å². The second-order valence-corrected chi connectivity index (χ2v) is 15.6.